The van der Waals surface area contributed by atoms with E-state index in [1.54, 1.807) is 0 Å². The molecule has 2 rings (SSSR count). The Hall–Kier alpha value is -0.570. The number of carbonyl (C=O) groups excluding carboxylic acids is 1. The van der Waals surface area contributed by atoms with Crippen LogP contribution in [-0.4, -0.2) is 24.8 Å². The molecule has 3 unspecified atom stereocenters. The van der Waals surface area contributed by atoms with Crippen molar-refractivity contribution in [3.8, 4) is 0 Å². The van der Waals surface area contributed by atoms with E-state index in [2.05, 4.69) is 20.8 Å². The number of fused-ring (bicyclic) bond motifs is 2. The molecule has 0 N–H and O–H groups in total. The van der Waals surface area contributed by atoms with Gasteiger partial charge in [0.25, 0.3) is 0 Å². The van der Waals surface area contributed by atoms with E-state index in [0.717, 1.165) is 6.42 Å². The van der Waals surface area contributed by atoms with Gasteiger partial charge in [-0.1, -0.05) is 20.8 Å². The number of esters is 1. The molecule has 0 radical (unpaired) electrons. The van der Waals surface area contributed by atoms with Crippen LogP contribution in [0, 0.1) is 16.7 Å². The summed E-state index contributed by atoms with van der Waals surface area (Å²) in [5.41, 5.74) is 0.433. The summed E-state index contributed by atoms with van der Waals surface area (Å²) in [5.74, 6) is 0.490. The quantitative estimate of drug-likeness (QED) is 0.723. The van der Waals surface area contributed by atoms with Crippen molar-refractivity contribution in [3.63, 3.8) is 0 Å². The second-order valence-electron chi connectivity index (χ2n) is 6.95. The molecule has 18 heavy (non-hydrogen) atoms. The molecule has 3 atom stereocenters. The summed E-state index contributed by atoms with van der Waals surface area (Å²) in [7, 11) is 0. The first-order valence-electron chi connectivity index (χ1n) is 7.08. The zero-order valence-corrected chi connectivity index (χ0v) is 12.3. The van der Waals surface area contributed by atoms with Gasteiger partial charge in [-0.3, -0.25) is 0 Å². The summed E-state index contributed by atoms with van der Waals surface area (Å²) in [6, 6.07) is 0. The molecule has 0 heterocycles. The Balaban J connectivity index is 1.94. The third-order valence-corrected chi connectivity index (χ3v) is 5.52. The maximum atomic E-state index is 11.8. The highest BCUT2D eigenvalue weighted by Gasteiger charge is 2.62. The molecular formula is C15H26O3. The molecule has 2 bridgehead atoms. The van der Waals surface area contributed by atoms with Gasteiger partial charge in [-0.25, -0.2) is 4.79 Å². The van der Waals surface area contributed by atoms with Crippen LogP contribution in [0.1, 0.15) is 53.9 Å². The van der Waals surface area contributed by atoms with Crippen molar-refractivity contribution in [3.05, 3.63) is 0 Å². The lowest BCUT2D eigenvalue weighted by Gasteiger charge is -2.38. The highest BCUT2D eigenvalue weighted by atomic mass is 16.6. The monoisotopic (exact) mass is 254 g/mol. The first-order chi connectivity index (χ1) is 8.27. The molecule has 2 aliphatic rings. The number of hydrogen-bond acceptors (Lipinski definition) is 3. The average molecular weight is 254 g/mol. The van der Waals surface area contributed by atoms with Crippen molar-refractivity contribution < 1.29 is 14.3 Å². The zero-order chi connectivity index (χ0) is 13.6. The van der Waals surface area contributed by atoms with Crippen LogP contribution in [0.25, 0.3) is 0 Å². The van der Waals surface area contributed by atoms with Gasteiger partial charge in [-0.15, -0.1) is 0 Å². The third kappa shape index (κ3) is 2.07. The van der Waals surface area contributed by atoms with E-state index in [4.69, 9.17) is 9.47 Å². The lowest BCUT2D eigenvalue weighted by Crippen LogP contribution is -2.39. The minimum Gasteiger partial charge on any atom is -0.460 e. The first-order valence-corrected chi connectivity index (χ1v) is 7.08. The van der Waals surface area contributed by atoms with Crippen LogP contribution in [0.2, 0.25) is 0 Å². The smallest absolute Gasteiger partial charge is 0.332 e. The van der Waals surface area contributed by atoms with Gasteiger partial charge in [0.2, 0.25) is 0 Å². The number of ether oxygens (including phenoxy) is 2. The van der Waals surface area contributed by atoms with Gasteiger partial charge in [-0.2, -0.15) is 0 Å². The summed E-state index contributed by atoms with van der Waals surface area (Å²) >= 11 is 0. The Bertz CT molecular complexity index is 335. The fourth-order valence-electron chi connectivity index (χ4n) is 3.74. The van der Waals surface area contributed by atoms with E-state index in [9.17, 15) is 4.79 Å². The molecule has 2 fully saturated rings. The lowest BCUT2D eigenvalue weighted by atomic mass is 9.70. The van der Waals surface area contributed by atoms with Crippen LogP contribution in [-0.2, 0) is 14.3 Å². The lowest BCUT2D eigenvalue weighted by molar-refractivity contribution is -0.163. The number of hydrogen-bond donors (Lipinski definition) is 0. The summed E-state index contributed by atoms with van der Waals surface area (Å²) in [5, 5.41) is 0. The Labute approximate surface area is 110 Å². The van der Waals surface area contributed by atoms with Gasteiger partial charge >= 0.3 is 5.97 Å². The van der Waals surface area contributed by atoms with Crippen molar-refractivity contribution in [2.75, 3.05) is 6.61 Å². The van der Waals surface area contributed by atoms with E-state index in [1.165, 1.54) is 12.8 Å². The van der Waals surface area contributed by atoms with Gasteiger partial charge in [0.1, 0.15) is 12.7 Å². The second kappa shape index (κ2) is 4.52. The molecule has 0 spiro atoms. The molecule has 0 aromatic carbocycles. The maximum Gasteiger partial charge on any atom is 0.332 e. The van der Waals surface area contributed by atoms with E-state index in [-0.39, 0.29) is 35.6 Å². The van der Waals surface area contributed by atoms with Crippen molar-refractivity contribution in [2.24, 2.45) is 16.7 Å². The Kier molecular flexibility index (Phi) is 3.48. The van der Waals surface area contributed by atoms with Gasteiger partial charge in [0.05, 0.1) is 6.10 Å². The molecule has 0 amide bonds. The molecule has 2 saturated carbocycles. The molecule has 0 saturated heterocycles. The Morgan fingerprint density at radius 3 is 2.44 bits per heavy atom. The van der Waals surface area contributed by atoms with E-state index < -0.39 is 0 Å². The minimum atomic E-state index is -0.210. The highest BCUT2D eigenvalue weighted by molar-refractivity contribution is 5.71. The van der Waals surface area contributed by atoms with Gasteiger partial charge < -0.3 is 9.47 Å². The molecule has 0 aromatic rings. The van der Waals surface area contributed by atoms with Crippen molar-refractivity contribution >= 4 is 5.97 Å². The van der Waals surface area contributed by atoms with Crippen molar-refractivity contribution in [1.29, 1.82) is 0 Å². The molecular weight excluding hydrogens is 228 g/mol. The van der Waals surface area contributed by atoms with Crippen molar-refractivity contribution in [1.82, 2.24) is 0 Å². The van der Waals surface area contributed by atoms with Crippen LogP contribution < -0.4 is 0 Å². The van der Waals surface area contributed by atoms with Crippen LogP contribution in [0.3, 0.4) is 0 Å². The SMILES string of the molecule is CC(C)OCC(=O)OC1CC2CCC1(C)C2(C)C. The van der Waals surface area contributed by atoms with Gasteiger partial charge in [0.15, 0.2) is 0 Å². The minimum absolute atomic E-state index is 0.0737. The molecule has 104 valence electrons. The van der Waals surface area contributed by atoms with Crippen LogP contribution in [0.5, 0.6) is 0 Å². The fourth-order valence-corrected chi connectivity index (χ4v) is 3.74. The zero-order valence-electron chi connectivity index (χ0n) is 12.3. The summed E-state index contributed by atoms with van der Waals surface area (Å²) in [6.45, 7) is 10.9. The highest BCUT2D eigenvalue weighted by Crippen LogP contribution is 2.66. The third-order valence-electron chi connectivity index (χ3n) is 5.52. The van der Waals surface area contributed by atoms with Gasteiger partial charge in [0, 0.05) is 5.41 Å². The second-order valence-corrected chi connectivity index (χ2v) is 6.95. The number of carbonyl (C=O) groups is 1. The molecule has 0 aliphatic heterocycles. The fraction of sp³-hybridized carbons (Fsp3) is 0.933. The normalized spacial score (nSPS) is 37.2. The van der Waals surface area contributed by atoms with Crippen molar-refractivity contribution in [2.45, 2.75) is 66.1 Å². The molecule has 0 aromatic heterocycles. The first kappa shape index (κ1) is 13.9. The summed E-state index contributed by atoms with van der Waals surface area (Å²) < 4.78 is 11.0. The maximum absolute atomic E-state index is 11.8. The predicted molar refractivity (Wildman–Crippen MR) is 70.2 cm³/mol. The van der Waals surface area contributed by atoms with E-state index >= 15 is 0 Å². The predicted octanol–water partition coefficient (Wildman–Crippen LogP) is 3.17. The van der Waals surface area contributed by atoms with Crippen LogP contribution >= 0.6 is 0 Å². The standard InChI is InChI=1S/C15H26O3/c1-10(2)17-9-13(16)18-12-8-11-6-7-15(12,5)14(11,3)4/h10-12H,6-9H2,1-5H3. The Morgan fingerprint density at radius 2 is 2.00 bits per heavy atom. The van der Waals surface area contributed by atoms with Crippen LogP contribution in [0.15, 0.2) is 0 Å². The average Bonchev–Trinajstić information content (AvgIpc) is 2.59. The molecule has 3 nitrogen and oxygen atoms in total. The van der Waals surface area contributed by atoms with Gasteiger partial charge in [-0.05, 0) is 44.4 Å². The summed E-state index contributed by atoms with van der Waals surface area (Å²) in [4.78, 5) is 11.8. The molecule has 2 aliphatic carbocycles. The van der Waals surface area contributed by atoms with E-state index in [1.807, 2.05) is 13.8 Å². The Morgan fingerprint density at radius 1 is 1.33 bits per heavy atom. The largest absolute Gasteiger partial charge is 0.460 e. The topological polar surface area (TPSA) is 35.5 Å². The van der Waals surface area contributed by atoms with Crippen LogP contribution in [0.4, 0.5) is 0 Å². The molecule has 3 heteroatoms. The number of rotatable bonds is 4. The van der Waals surface area contributed by atoms with E-state index in [0.29, 0.717) is 5.92 Å². The summed E-state index contributed by atoms with van der Waals surface area (Å²) in [6.07, 6.45) is 3.63.